The quantitative estimate of drug-likeness (QED) is 0.209. The molecule has 41 heavy (non-hydrogen) atoms. The fraction of sp³-hybridized carbons (Fsp3) is 0.600. The van der Waals surface area contributed by atoms with Crippen molar-refractivity contribution < 1.29 is 33.2 Å². The highest BCUT2D eigenvalue weighted by atomic mass is 35.5. The summed E-state index contributed by atoms with van der Waals surface area (Å²) in [6.07, 6.45) is 3.71. The Morgan fingerprint density at radius 1 is 1.17 bits per heavy atom. The zero-order valence-electron chi connectivity index (χ0n) is 23.4. The predicted molar refractivity (Wildman–Crippen MR) is 152 cm³/mol. The molecule has 1 saturated carbocycles. The van der Waals surface area contributed by atoms with Crippen molar-refractivity contribution in [2.45, 2.75) is 88.9 Å². The number of ether oxygens (including phenoxy) is 5. The monoisotopic (exact) mass is 589 g/mol. The molecule has 0 amide bonds. The molecule has 2 aromatic rings. The van der Waals surface area contributed by atoms with Crippen LogP contribution in [0, 0.1) is 12.7 Å². The highest BCUT2D eigenvalue weighted by Gasteiger charge is 2.48. The Balaban J connectivity index is 1.16. The summed E-state index contributed by atoms with van der Waals surface area (Å²) in [5, 5.41) is 13.8. The van der Waals surface area contributed by atoms with Crippen LogP contribution >= 0.6 is 11.6 Å². The molecule has 1 aromatic heterocycles. The maximum absolute atomic E-state index is 15.3. The number of nitrogens with one attached hydrogen (secondary N) is 1. The van der Waals surface area contributed by atoms with Crippen LogP contribution in [-0.4, -0.2) is 72.9 Å². The van der Waals surface area contributed by atoms with Gasteiger partial charge in [-0.3, -0.25) is 0 Å². The number of fused-ring (bicyclic) bond motifs is 2. The number of aliphatic hydroxyl groups is 1. The van der Waals surface area contributed by atoms with Crippen LogP contribution in [0.5, 0.6) is 5.75 Å². The van der Waals surface area contributed by atoms with Crippen LogP contribution < -0.4 is 10.1 Å². The minimum absolute atomic E-state index is 0.233. The van der Waals surface area contributed by atoms with Gasteiger partial charge in [0, 0.05) is 18.1 Å². The maximum atomic E-state index is 15.3. The number of hydrogen-bond acceptors (Lipinski definition) is 9. The van der Waals surface area contributed by atoms with Gasteiger partial charge in [-0.15, -0.1) is 0 Å². The van der Waals surface area contributed by atoms with E-state index in [0.717, 1.165) is 30.4 Å². The number of anilines is 1. The lowest BCUT2D eigenvalue weighted by Gasteiger charge is -2.20. The fourth-order valence-electron chi connectivity index (χ4n) is 5.67. The first kappa shape index (κ1) is 28.6. The number of halogens is 2. The normalized spacial score (nSPS) is 27.1. The van der Waals surface area contributed by atoms with Crippen molar-refractivity contribution in [3.63, 3.8) is 0 Å². The molecule has 2 saturated heterocycles. The Morgan fingerprint density at radius 2 is 2.00 bits per heavy atom. The topological polar surface area (TPSA) is 104 Å². The lowest BCUT2D eigenvalue weighted by molar-refractivity contribution is 0.00529. The van der Waals surface area contributed by atoms with Crippen LogP contribution in [0.25, 0.3) is 0 Å². The molecule has 11 heteroatoms. The van der Waals surface area contributed by atoms with Gasteiger partial charge in [0.2, 0.25) is 0 Å². The van der Waals surface area contributed by atoms with E-state index < -0.39 is 6.10 Å². The number of aromatic nitrogens is 1. The van der Waals surface area contributed by atoms with Crippen LogP contribution in [0.2, 0.25) is 5.02 Å². The van der Waals surface area contributed by atoms with E-state index in [9.17, 15) is 5.11 Å². The van der Waals surface area contributed by atoms with E-state index in [1.54, 1.807) is 6.07 Å². The van der Waals surface area contributed by atoms with Crippen molar-refractivity contribution in [1.82, 2.24) is 4.98 Å². The second-order valence-corrected chi connectivity index (χ2v) is 11.6. The average molecular weight is 590 g/mol. The van der Waals surface area contributed by atoms with Crippen LogP contribution in [0.1, 0.15) is 61.8 Å². The number of aryl methyl sites for hydroxylation is 2. The largest absolute Gasteiger partial charge is 0.491 e. The van der Waals surface area contributed by atoms with E-state index in [1.807, 2.05) is 19.9 Å². The lowest BCUT2D eigenvalue weighted by atomic mass is 10.1. The zero-order valence-corrected chi connectivity index (χ0v) is 24.2. The molecule has 5 atom stereocenters. The molecule has 3 heterocycles. The number of nitrogens with zero attached hydrogens (tertiary/aromatic N) is 2. The SMILES string of the molecule is CCCC(=Nc1nc(NC2CCc3cc(OCCOC4CC4)cc(F)c32)c(Cl)cc1C)O[C@@H]1CO[C@H]2[C@@H]1OC[C@H]2O. The maximum Gasteiger partial charge on any atom is 0.190 e. The molecule has 9 nitrogen and oxygen atoms in total. The highest BCUT2D eigenvalue weighted by molar-refractivity contribution is 6.33. The number of hydrogen-bond donors (Lipinski definition) is 2. The van der Waals surface area contributed by atoms with Crippen LogP contribution in [0.4, 0.5) is 16.0 Å². The van der Waals surface area contributed by atoms with Gasteiger partial charge < -0.3 is 34.1 Å². The van der Waals surface area contributed by atoms with Crippen molar-refractivity contribution in [3.05, 3.63) is 45.7 Å². The summed E-state index contributed by atoms with van der Waals surface area (Å²) >= 11 is 6.59. The summed E-state index contributed by atoms with van der Waals surface area (Å²) in [7, 11) is 0. The number of pyridine rings is 1. The van der Waals surface area contributed by atoms with E-state index in [4.69, 9.17) is 45.3 Å². The Hall–Kier alpha value is -2.50. The number of aliphatic hydroxyl groups excluding tert-OH is 1. The molecule has 0 spiro atoms. The third kappa shape index (κ3) is 6.46. The molecular formula is C30H37ClFN3O6. The van der Waals surface area contributed by atoms with Gasteiger partial charge in [0.1, 0.15) is 42.3 Å². The second kappa shape index (κ2) is 12.4. The van der Waals surface area contributed by atoms with E-state index >= 15 is 4.39 Å². The van der Waals surface area contributed by atoms with Crippen molar-refractivity contribution >= 4 is 29.1 Å². The van der Waals surface area contributed by atoms with Gasteiger partial charge in [0.25, 0.3) is 0 Å². The molecule has 2 aliphatic carbocycles. The Kier molecular flexibility index (Phi) is 8.65. The third-order valence-corrected chi connectivity index (χ3v) is 8.17. The molecule has 1 aromatic carbocycles. The van der Waals surface area contributed by atoms with Crippen molar-refractivity contribution in [2.75, 3.05) is 31.7 Å². The van der Waals surface area contributed by atoms with Gasteiger partial charge in [-0.1, -0.05) is 18.5 Å². The minimum Gasteiger partial charge on any atom is -0.491 e. The molecule has 222 valence electrons. The zero-order chi connectivity index (χ0) is 28.5. The fourth-order valence-corrected chi connectivity index (χ4v) is 5.93. The van der Waals surface area contributed by atoms with Crippen LogP contribution in [-0.2, 0) is 25.4 Å². The summed E-state index contributed by atoms with van der Waals surface area (Å²) in [6.45, 7) is 5.39. The van der Waals surface area contributed by atoms with Crippen molar-refractivity contribution in [2.24, 2.45) is 4.99 Å². The standard InChI is InChI=1S/C30H37ClFN3O6/c1-3-4-25(41-24-15-40-27-23(36)14-39-28(24)27)34-29-16(2)11-20(31)30(35-29)33-22-8-5-17-12-19(13-21(32)26(17)22)38-10-9-37-18-6-7-18/h11-13,18,22-24,27-28,36H,3-10,14-15H2,1-2H3,(H,33,35)/t22?,23-,24-,27-,28-/m1/s1. The van der Waals surface area contributed by atoms with Gasteiger partial charge in [0.05, 0.1) is 37.0 Å². The third-order valence-electron chi connectivity index (χ3n) is 7.88. The highest BCUT2D eigenvalue weighted by Crippen LogP contribution is 2.40. The van der Waals surface area contributed by atoms with Gasteiger partial charge in [-0.25, -0.2) is 9.37 Å². The number of rotatable bonds is 11. The number of benzene rings is 1. The first-order chi connectivity index (χ1) is 19.9. The summed E-state index contributed by atoms with van der Waals surface area (Å²) < 4.78 is 44.3. The smallest absolute Gasteiger partial charge is 0.190 e. The average Bonchev–Trinajstić information content (AvgIpc) is 3.36. The van der Waals surface area contributed by atoms with Crippen molar-refractivity contribution in [1.29, 1.82) is 0 Å². The molecule has 0 radical (unpaired) electrons. The molecule has 0 bridgehead atoms. The van der Waals surface area contributed by atoms with E-state index in [0.29, 0.717) is 79.1 Å². The second-order valence-electron chi connectivity index (χ2n) is 11.2. The first-order valence-corrected chi connectivity index (χ1v) is 14.9. The van der Waals surface area contributed by atoms with Crippen molar-refractivity contribution in [3.8, 4) is 5.75 Å². The van der Waals surface area contributed by atoms with Gasteiger partial charge in [-0.2, -0.15) is 4.99 Å². The molecule has 3 fully saturated rings. The molecule has 2 aliphatic heterocycles. The van der Waals surface area contributed by atoms with E-state index in [1.165, 1.54) is 6.07 Å². The molecule has 4 aliphatic rings. The summed E-state index contributed by atoms with van der Waals surface area (Å²) in [5.41, 5.74) is 2.31. The Bertz CT molecular complexity index is 1290. The Morgan fingerprint density at radius 3 is 2.80 bits per heavy atom. The molecule has 2 N–H and O–H groups in total. The summed E-state index contributed by atoms with van der Waals surface area (Å²) in [5.74, 6) is 1.63. The molecule has 6 rings (SSSR count). The van der Waals surface area contributed by atoms with Crippen LogP contribution in [0.15, 0.2) is 23.2 Å². The van der Waals surface area contributed by atoms with Gasteiger partial charge in [-0.05, 0) is 62.3 Å². The lowest BCUT2D eigenvalue weighted by Crippen LogP contribution is -2.34. The Labute approximate surface area is 244 Å². The summed E-state index contributed by atoms with van der Waals surface area (Å²) in [4.78, 5) is 9.48. The minimum atomic E-state index is -0.648. The predicted octanol–water partition coefficient (Wildman–Crippen LogP) is 5.21. The van der Waals surface area contributed by atoms with E-state index in [-0.39, 0.29) is 36.8 Å². The molecular weight excluding hydrogens is 553 g/mol. The van der Waals surface area contributed by atoms with Gasteiger partial charge >= 0.3 is 0 Å². The summed E-state index contributed by atoms with van der Waals surface area (Å²) in [6, 6.07) is 4.87. The number of aliphatic imine (C=N–C) groups is 1. The first-order valence-electron chi connectivity index (χ1n) is 14.6. The molecule has 1 unspecified atom stereocenters. The van der Waals surface area contributed by atoms with E-state index in [2.05, 4.69) is 5.32 Å². The van der Waals surface area contributed by atoms with Crippen LogP contribution in [0.3, 0.4) is 0 Å². The van der Waals surface area contributed by atoms with Gasteiger partial charge in [0.15, 0.2) is 17.8 Å².